The van der Waals surface area contributed by atoms with Crippen molar-refractivity contribution in [1.29, 1.82) is 0 Å². The van der Waals surface area contributed by atoms with E-state index in [9.17, 15) is 14.7 Å². The van der Waals surface area contributed by atoms with Gasteiger partial charge in [0.25, 0.3) is 0 Å². The fraction of sp³-hybridized carbons (Fsp3) is 0.867. The van der Waals surface area contributed by atoms with Gasteiger partial charge in [-0.15, -0.1) is 0 Å². The number of carbonyl (C=O) groups excluding carboxylic acids is 1. The molecular weight excluding hydrogens is 256 g/mol. The van der Waals surface area contributed by atoms with Crippen LogP contribution in [0.25, 0.3) is 0 Å². The second-order valence-electron chi connectivity index (χ2n) is 6.32. The lowest BCUT2D eigenvalue weighted by Crippen LogP contribution is -2.54. The van der Waals surface area contributed by atoms with Gasteiger partial charge in [-0.3, -0.25) is 14.5 Å². The standard InChI is InChI=1S/C15H30N2O3/c1-7-17(15(5,6)14(19)20)10-13(18)16-12(4)9-8-11(2)3/h11-12H,7-10H2,1-6H3,(H,16,18)(H,19,20). The van der Waals surface area contributed by atoms with Gasteiger partial charge in [0.15, 0.2) is 0 Å². The van der Waals surface area contributed by atoms with E-state index in [4.69, 9.17) is 0 Å². The van der Waals surface area contributed by atoms with E-state index in [2.05, 4.69) is 19.2 Å². The number of hydrogen-bond acceptors (Lipinski definition) is 3. The van der Waals surface area contributed by atoms with Crippen LogP contribution in [0.4, 0.5) is 0 Å². The number of aliphatic carboxylic acids is 1. The first-order valence-electron chi connectivity index (χ1n) is 7.39. The average Bonchev–Trinajstić information content (AvgIpc) is 2.32. The summed E-state index contributed by atoms with van der Waals surface area (Å²) in [5, 5.41) is 12.1. The van der Waals surface area contributed by atoms with Crippen LogP contribution in [-0.2, 0) is 9.59 Å². The van der Waals surface area contributed by atoms with Crippen LogP contribution in [-0.4, -0.2) is 46.6 Å². The van der Waals surface area contributed by atoms with Crippen molar-refractivity contribution in [3.8, 4) is 0 Å². The molecule has 0 saturated heterocycles. The van der Waals surface area contributed by atoms with Crippen molar-refractivity contribution in [2.45, 2.75) is 66.0 Å². The lowest BCUT2D eigenvalue weighted by atomic mass is 10.0. The third kappa shape index (κ3) is 6.37. The van der Waals surface area contributed by atoms with Crippen molar-refractivity contribution in [2.75, 3.05) is 13.1 Å². The topological polar surface area (TPSA) is 69.6 Å². The fourth-order valence-electron chi connectivity index (χ4n) is 1.99. The molecule has 1 amide bonds. The van der Waals surface area contributed by atoms with Gasteiger partial charge in [-0.2, -0.15) is 0 Å². The maximum Gasteiger partial charge on any atom is 0.323 e. The zero-order chi connectivity index (χ0) is 15.9. The zero-order valence-electron chi connectivity index (χ0n) is 13.7. The second kappa shape index (κ2) is 8.25. The van der Waals surface area contributed by atoms with Crippen molar-refractivity contribution in [1.82, 2.24) is 10.2 Å². The first-order chi connectivity index (χ1) is 9.11. The van der Waals surface area contributed by atoms with Gasteiger partial charge in [-0.25, -0.2) is 0 Å². The van der Waals surface area contributed by atoms with E-state index in [-0.39, 0.29) is 18.5 Å². The van der Waals surface area contributed by atoms with E-state index in [0.29, 0.717) is 12.5 Å². The minimum absolute atomic E-state index is 0.113. The van der Waals surface area contributed by atoms with Gasteiger partial charge in [0.2, 0.25) is 5.91 Å². The highest BCUT2D eigenvalue weighted by Crippen LogP contribution is 2.14. The lowest BCUT2D eigenvalue weighted by molar-refractivity contribution is -0.150. The van der Waals surface area contributed by atoms with Crippen LogP contribution >= 0.6 is 0 Å². The van der Waals surface area contributed by atoms with Gasteiger partial charge >= 0.3 is 5.97 Å². The van der Waals surface area contributed by atoms with Gasteiger partial charge in [0, 0.05) is 6.04 Å². The molecule has 0 saturated carbocycles. The Bertz CT molecular complexity index is 327. The van der Waals surface area contributed by atoms with Gasteiger partial charge in [-0.1, -0.05) is 20.8 Å². The maximum absolute atomic E-state index is 12.0. The zero-order valence-corrected chi connectivity index (χ0v) is 13.7. The van der Waals surface area contributed by atoms with Gasteiger partial charge in [-0.05, 0) is 46.1 Å². The van der Waals surface area contributed by atoms with Crippen LogP contribution in [0.1, 0.15) is 54.4 Å². The first kappa shape index (κ1) is 18.9. The normalized spacial score (nSPS) is 13.6. The van der Waals surface area contributed by atoms with Gasteiger partial charge in [0.1, 0.15) is 5.54 Å². The molecule has 0 radical (unpaired) electrons. The Kier molecular flexibility index (Phi) is 7.79. The van der Waals surface area contributed by atoms with Crippen molar-refractivity contribution < 1.29 is 14.7 Å². The van der Waals surface area contributed by atoms with Crippen LogP contribution in [0.3, 0.4) is 0 Å². The number of nitrogens with zero attached hydrogens (tertiary/aromatic N) is 1. The van der Waals surface area contributed by atoms with Crippen LogP contribution in [0, 0.1) is 5.92 Å². The molecule has 0 aromatic carbocycles. The highest BCUT2D eigenvalue weighted by atomic mass is 16.4. The van der Waals surface area contributed by atoms with E-state index < -0.39 is 11.5 Å². The largest absolute Gasteiger partial charge is 0.480 e. The summed E-state index contributed by atoms with van der Waals surface area (Å²) in [6, 6.07) is 0.122. The van der Waals surface area contributed by atoms with Crippen molar-refractivity contribution in [3.63, 3.8) is 0 Å². The van der Waals surface area contributed by atoms with Crippen LogP contribution < -0.4 is 5.32 Å². The molecule has 5 nitrogen and oxygen atoms in total. The summed E-state index contributed by atoms with van der Waals surface area (Å²) in [6.45, 7) is 12.0. The minimum atomic E-state index is -1.03. The van der Waals surface area contributed by atoms with Crippen molar-refractivity contribution >= 4 is 11.9 Å². The molecule has 0 bridgehead atoms. The molecule has 0 aromatic heterocycles. The molecule has 5 heteroatoms. The molecule has 0 spiro atoms. The third-order valence-corrected chi connectivity index (χ3v) is 3.61. The van der Waals surface area contributed by atoms with Crippen LogP contribution in [0.5, 0.6) is 0 Å². The molecule has 0 aliphatic rings. The molecule has 0 aliphatic heterocycles. The quantitative estimate of drug-likeness (QED) is 0.681. The summed E-state index contributed by atoms with van der Waals surface area (Å²) >= 11 is 0. The minimum Gasteiger partial charge on any atom is -0.480 e. The molecule has 1 atom stereocenters. The number of rotatable bonds is 9. The van der Waals surface area contributed by atoms with Crippen molar-refractivity contribution in [3.05, 3.63) is 0 Å². The lowest BCUT2D eigenvalue weighted by Gasteiger charge is -2.33. The SMILES string of the molecule is CCN(CC(=O)NC(C)CCC(C)C)C(C)(C)C(=O)O. The highest BCUT2D eigenvalue weighted by Gasteiger charge is 2.34. The van der Waals surface area contributed by atoms with E-state index in [1.807, 2.05) is 13.8 Å². The Balaban J connectivity index is 4.39. The van der Waals surface area contributed by atoms with E-state index in [1.54, 1.807) is 18.7 Å². The molecular formula is C15H30N2O3. The molecule has 2 N–H and O–H groups in total. The predicted octanol–water partition coefficient (Wildman–Crippen LogP) is 2.11. The maximum atomic E-state index is 12.0. The molecule has 20 heavy (non-hydrogen) atoms. The number of likely N-dealkylation sites (N-methyl/N-ethyl adjacent to an activating group) is 1. The van der Waals surface area contributed by atoms with E-state index in [0.717, 1.165) is 12.8 Å². The molecule has 118 valence electrons. The number of carboxylic acids is 1. The second-order valence-corrected chi connectivity index (χ2v) is 6.32. The summed E-state index contributed by atoms with van der Waals surface area (Å²) in [4.78, 5) is 24.9. The van der Waals surface area contributed by atoms with Crippen LogP contribution in [0.15, 0.2) is 0 Å². The molecule has 0 heterocycles. The summed E-state index contributed by atoms with van der Waals surface area (Å²) in [5.74, 6) is -0.412. The predicted molar refractivity (Wildman–Crippen MR) is 80.6 cm³/mol. The average molecular weight is 286 g/mol. The Morgan fingerprint density at radius 3 is 2.15 bits per heavy atom. The molecule has 0 aliphatic carbocycles. The van der Waals surface area contributed by atoms with E-state index >= 15 is 0 Å². The number of amides is 1. The fourth-order valence-corrected chi connectivity index (χ4v) is 1.99. The summed E-state index contributed by atoms with van der Waals surface area (Å²) in [6.07, 6.45) is 2.01. The monoisotopic (exact) mass is 286 g/mol. The number of carboxylic acid groups (broad SMARTS) is 1. The Morgan fingerprint density at radius 2 is 1.75 bits per heavy atom. The third-order valence-electron chi connectivity index (χ3n) is 3.61. The molecule has 0 fully saturated rings. The summed E-state index contributed by atoms with van der Waals surface area (Å²) in [7, 11) is 0. The smallest absolute Gasteiger partial charge is 0.323 e. The Labute approximate surface area is 122 Å². The summed E-state index contributed by atoms with van der Waals surface area (Å²) in [5.41, 5.74) is -1.03. The van der Waals surface area contributed by atoms with E-state index in [1.165, 1.54) is 0 Å². The Hall–Kier alpha value is -1.10. The first-order valence-corrected chi connectivity index (χ1v) is 7.39. The molecule has 0 aromatic rings. The van der Waals surface area contributed by atoms with Crippen LogP contribution in [0.2, 0.25) is 0 Å². The Morgan fingerprint density at radius 1 is 1.20 bits per heavy atom. The highest BCUT2D eigenvalue weighted by molar-refractivity contribution is 5.81. The number of nitrogens with one attached hydrogen (secondary N) is 1. The number of hydrogen-bond donors (Lipinski definition) is 2. The van der Waals surface area contributed by atoms with Gasteiger partial charge in [0.05, 0.1) is 6.54 Å². The summed E-state index contributed by atoms with van der Waals surface area (Å²) < 4.78 is 0. The molecule has 0 rings (SSSR count). The number of carbonyl (C=O) groups is 2. The molecule has 1 unspecified atom stereocenters. The van der Waals surface area contributed by atoms with Gasteiger partial charge < -0.3 is 10.4 Å². The van der Waals surface area contributed by atoms with Crippen molar-refractivity contribution in [2.24, 2.45) is 5.92 Å².